The molecule has 1 aliphatic heterocycles. The highest BCUT2D eigenvalue weighted by Crippen LogP contribution is 2.56. The number of ether oxygens (including phenoxy) is 1. The molecule has 0 bridgehead atoms. The molecule has 1 amide bonds. The topological polar surface area (TPSA) is 171 Å². The third kappa shape index (κ3) is 4.18. The Hall–Kier alpha value is -3.74. The average Bonchev–Trinajstić information content (AvgIpc) is 2.77. The van der Waals surface area contributed by atoms with E-state index >= 15 is 0 Å². The standard InChI is InChI=1S/C21H23N5O6S/c1-2-9-23-26-15-6-4-3-5-13(15)19(28)18(21(26)29)20-24-14-8-7-12(32-11-17(22)27)10-16(14)33(30,31)25-20/h3-8,10,23,28,30-31H,2,9,11H2,1H3,(H2,22,27)(H,24,25). The van der Waals surface area contributed by atoms with Crippen molar-refractivity contribution in [2.75, 3.05) is 23.9 Å². The van der Waals surface area contributed by atoms with Gasteiger partial charge in [-0.1, -0.05) is 29.8 Å². The smallest absolute Gasteiger partial charge is 0.284 e. The monoisotopic (exact) mass is 473 g/mol. The van der Waals surface area contributed by atoms with Gasteiger partial charge in [0.2, 0.25) is 0 Å². The van der Waals surface area contributed by atoms with Crippen molar-refractivity contribution in [1.82, 2.24) is 4.68 Å². The molecule has 1 aliphatic rings. The molecular formula is C21H23N5O6S. The first-order valence-electron chi connectivity index (χ1n) is 10.0. The molecule has 0 fully saturated rings. The van der Waals surface area contributed by atoms with Gasteiger partial charge in [0.25, 0.3) is 11.5 Å². The van der Waals surface area contributed by atoms with Crippen LogP contribution in [0.25, 0.3) is 10.9 Å². The van der Waals surface area contributed by atoms with E-state index in [0.717, 1.165) is 6.42 Å². The summed E-state index contributed by atoms with van der Waals surface area (Å²) in [6.45, 7) is 2.07. The van der Waals surface area contributed by atoms with Crippen LogP contribution in [-0.2, 0) is 4.79 Å². The van der Waals surface area contributed by atoms with Crippen LogP contribution >= 0.6 is 10.8 Å². The lowest BCUT2D eigenvalue weighted by molar-refractivity contribution is -0.119. The molecule has 0 unspecified atom stereocenters. The van der Waals surface area contributed by atoms with E-state index in [9.17, 15) is 23.8 Å². The normalized spacial score (nSPS) is 15.2. The van der Waals surface area contributed by atoms with Crippen LogP contribution in [0.3, 0.4) is 0 Å². The first-order valence-corrected chi connectivity index (χ1v) is 11.5. The molecule has 0 aliphatic carbocycles. The molecule has 174 valence electrons. The van der Waals surface area contributed by atoms with E-state index < -0.39 is 22.2 Å². The van der Waals surface area contributed by atoms with Crippen molar-refractivity contribution >= 4 is 39.1 Å². The van der Waals surface area contributed by atoms with Crippen molar-refractivity contribution in [3.05, 3.63) is 58.4 Å². The third-order valence-electron chi connectivity index (χ3n) is 4.91. The number of hydrogen-bond donors (Lipinski definition) is 6. The van der Waals surface area contributed by atoms with Crippen molar-refractivity contribution in [2.45, 2.75) is 18.2 Å². The summed E-state index contributed by atoms with van der Waals surface area (Å²) in [5.41, 5.74) is 8.00. The summed E-state index contributed by atoms with van der Waals surface area (Å²) in [6, 6.07) is 11.1. The number of carbonyl (C=O) groups is 1. The zero-order chi connectivity index (χ0) is 23.8. The molecule has 2 heterocycles. The van der Waals surface area contributed by atoms with Crippen LogP contribution in [0.4, 0.5) is 5.69 Å². The fourth-order valence-electron chi connectivity index (χ4n) is 3.43. The number of rotatable bonds is 7. The van der Waals surface area contributed by atoms with Gasteiger partial charge in [-0.3, -0.25) is 18.7 Å². The van der Waals surface area contributed by atoms with Crippen LogP contribution in [0.2, 0.25) is 0 Å². The fraction of sp³-hybridized carbons (Fsp3) is 0.190. The Bertz CT molecular complexity index is 1340. The Labute approximate surface area is 190 Å². The summed E-state index contributed by atoms with van der Waals surface area (Å²) in [6.07, 6.45) is 0.754. The molecule has 0 spiro atoms. The molecular weight excluding hydrogens is 450 g/mol. The van der Waals surface area contributed by atoms with E-state index in [0.29, 0.717) is 17.4 Å². The maximum absolute atomic E-state index is 13.3. The van der Waals surface area contributed by atoms with Crippen LogP contribution in [-0.4, -0.2) is 43.8 Å². The van der Waals surface area contributed by atoms with E-state index in [1.807, 2.05) is 6.92 Å². The molecule has 2 aromatic carbocycles. The van der Waals surface area contributed by atoms with Crippen molar-refractivity contribution < 1.29 is 23.7 Å². The summed E-state index contributed by atoms with van der Waals surface area (Å²) < 4.78 is 31.9. The van der Waals surface area contributed by atoms with Gasteiger partial charge in [0, 0.05) is 18.0 Å². The molecule has 12 heteroatoms. The first-order chi connectivity index (χ1) is 15.7. The van der Waals surface area contributed by atoms with Crippen molar-refractivity contribution in [3.63, 3.8) is 0 Å². The second-order valence-electron chi connectivity index (χ2n) is 7.29. The van der Waals surface area contributed by atoms with E-state index in [4.69, 9.17) is 10.5 Å². The minimum Gasteiger partial charge on any atom is -0.506 e. The Balaban J connectivity index is 1.83. The number of aromatic nitrogens is 1. The number of amidine groups is 1. The number of fused-ring (bicyclic) bond motifs is 2. The minimum atomic E-state index is -3.77. The Morgan fingerprint density at radius 1 is 1.27 bits per heavy atom. The SMILES string of the molecule is CCCNn1c(=O)c(C2=NS(O)(O)c3cc(OCC(N)=O)ccc3N2)c(O)c2ccccc21. The number of carbonyl (C=O) groups excluding carboxylic acids is 1. The zero-order valence-electron chi connectivity index (χ0n) is 17.6. The summed E-state index contributed by atoms with van der Waals surface area (Å²) in [4.78, 5) is 24.3. The molecule has 7 N–H and O–H groups in total. The molecule has 3 aromatic rings. The third-order valence-corrected chi connectivity index (χ3v) is 6.28. The van der Waals surface area contributed by atoms with Crippen molar-refractivity contribution in [1.29, 1.82) is 0 Å². The molecule has 0 saturated carbocycles. The van der Waals surface area contributed by atoms with Crippen molar-refractivity contribution in [3.8, 4) is 11.5 Å². The number of nitrogens with two attached hydrogens (primary N) is 1. The Kier molecular flexibility index (Phi) is 5.89. The van der Waals surface area contributed by atoms with Gasteiger partial charge < -0.3 is 26.3 Å². The predicted octanol–water partition coefficient (Wildman–Crippen LogP) is 2.42. The van der Waals surface area contributed by atoms with Gasteiger partial charge in [-0.15, -0.1) is 4.40 Å². The largest absolute Gasteiger partial charge is 0.506 e. The average molecular weight is 474 g/mol. The summed E-state index contributed by atoms with van der Waals surface area (Å²) in [5, 5.41) is 14.2. The zero-order valence-corrected chi connectivity index (χ0v) is 18.4. The number of nitrogens with zero attached hydrogens (tertiary/aromatic N) is 2. The van der Waals surface area contributed by atoms with Crippen molar-refractivity contribution in [2.24, 2.45) is 10.1 Å². The number of aromatic hydroxyl groups is 1. The predicted molar refractivity (Wildman–Crippen MR) is 127 cm³/mol. The highest BCUT2D eigenvalue weighted by atomic mass is 32.3. The van der Waals surface area contributed by atoms with Gasteiger partial charge in [0.05, 0.1) is 11.2 Å². The lowest BCUT2D eigenvalue weighted by Gasteiger charge is -2.34. The van der Waals surface area contributed by atoms with Gasteiger partial charge in [-0.2, -0.15) is 0 Å². The molecule has 1 aromatic heterocycles. The summed E-state index contributed by atoms with van der Waals surface area (Å²) >= 11 is 0. The molecule has 0 atom stereocenters. The maximum atomic E-state index is 13.3. The van der Waals surface area contributed by atoms with Gasteiger partial charge in [0.15, 0.2) is 12.4 Å². The number of hydrogen-bond acceptors (Lipinski definition) is 9. The van der Waals surface area contributed by atoms with Gasteiger partial charge in [0.1, 0.15) is 22.0 Å². The van der Waals surface area contributed by atoms with Crippen LogP contribution < -0.4 is 26.8 Å². The summed E-state index contributed by atoms with van der Waals surface area (Å²) in [5.74, 6) is -1.02. The number of primary amides is 1. The highest BCUT2D eigenvalue weighted by molar-refractivity contribution is 8.23. The lowest BCUT2D eigenvalue weighted by atomic mass is 10.1. The van der Waals surface area contributed by atoms with Gasteiger partial charge in [-0.05, 0) is 30.7 Å². The number of amides is 1. The van der Waals surface area contributed by atoms with Crippen LogP contribution in [0.5, 0.6) is 11.5 Å². The second-order valence-corrected chi connectivity index (χ2v) is 8.95. The molecule has 0 radical (unpaired) electrons. The first kappa shape index (κ1) is 22.5. The molecule has 0 saturated heterocycles. The highest BCUT2D eigenvalue weighted by Gasteiger charge is 2.31. The molecule has 33 heavy (non-hydrogen) atoms. The summed E-state index contributed by atoms with van der Waals surface area (Å²) in [7, 11) is -3.77. The lowest BCUT2D eigenvalue weighted by Crippen LogP contribution is -2.36. The number of pyridine rings is 1. The van der Waals surface area contributed by atoms with Crippen LogP contribution in [0, 0.1) is 0 Å². The quantitative estimate of drug-likeness (QED) is 0.304. The Morgan fingerprint density at radius 2 is 2.03 bits per heavy atom. The minimum absolute atomic E-state index is 0.0120. The number of para-hydroxylation sites is 1. The van der Waals surface area contributed by atoms with E-state index in [1.54, 1.807) is 24.3 Å². The van der Waals surface area contributed by atoms with Gasteiger partial charge >= 0.3 is 0 Å². The molecule has 11 nitrogen and oxygen atoms in total. The molecule has 4 rings (SSSR count). The van der Waals surface area contributed by atoms with Gasteiger partial charge in [-0.25, -0.2) is 4.68 Å². The number of nitrogens with one attached hydrogen (secondary N) is 2. The fourth-order valence-corrected chi connectivity index (χ4v) is 4.61. The van der Waals surface area contributed by atoms with E-state index in [1.165, 1.54) is 22.9 Å². The number of anilines is 1. The van der Waals surface area contributed by atoms with E-state index in [-0.39, 0.29) is 40.1 Å². The van der Waals surface area contributed by atoms with E-state index in [2.05, 4.69) is 15.1 Å². The number of benzene rings is 2. The maximum Gasteiger partial charge on any atom is 0.284 e. The van der Waals surface area contributed by atoms with Crippen LogP contribution in [0.1, 0.15) is 18.9 Å². The van der Waals surface area contributed by atoms with Crippen LogP contribution in [0.15, 0.2) is 56.6 Å². The Morgan fingerprint density at radius 3 is 2.76 bits per heavy atom. The second kappa shape index (κ2) is 8.65.